The maximum absolute atomic E-state index is 5.26. The van der Waals surface area contributed by atoms with E-state index >= 15 is 0 Å². The Bertz CT molecular complexity index is 719. The van der Waals surface area contributed by atoms with Gasteiger partial charge in [0.25, 0.3) is 0 Å². The van der Waals surface area contributed by atoms with Gasteiger partial charge in [-0.25, -0.2) is 0 Å². The van der Waals surface area contributed by atoms with Gasteiger partial charge in [-0.15, -0.1) is 10.2 Å². The summed E-state index contributed by atoms with van der Waals surface area (Å²) in [7, 11) is 0. The van der Waals surface area contributed by atoms with E-state index in [1.807, 2.05) is 16.8 Å². The standard InChI is InChI=1S/C12H11N5OS3/c1-2-8(1)13-11-15-16-12(21-11)20-6-9-14-10(17-18-9)7-3-4-19-5-7/h3-5,8H,1-2,6H2,(H,13,15). The van der Waals surface area contributed by atoms with Crippen molar-refractivity contribution in [2.75, 3.05) is 5.32 Å². The minimum atomic E-state index is 0.597. The van der Waals surface area contributed by atoms with Crippen LogP contribution in [0.2, 0.25) is 0 Å². The molecule has 21 heavy (non-hydrogen) atoms. The first-order valence-electron chi connectivity index (χ1n) is 6.45. The van der Waals surface area contributed by atoms with Crippen molar-refractivity contribution in [3.63, 3.8) is 0 Å². The van der Waals surface area contributed by atoms with Crippen molar-refractivity contribution in [3.8, 4) is 11.4 Å². The van der Waals surface area contributed by atoms with Gasteiger partial charge in [-0.1, -0.05) is 28.3 Å². The lowest BCUT2D eigenvalue weighted by molar-refractivity contribution is 0.391. The van der Waals surface area contributed by atoms with Crippen LogP contribution in [-0.4, -0.2) is 26.4 Å². The number of hydrogen-bond acceptors (Lipinski definition) is 9. The Labute approximate surface area is 133 Å². The van der Waals surface area contributed by atoms with Gasteiger partial charge in [-0.2, -0.15) is 16.3 Å². The summed E-state index contributed by atoms with van der Waals surface area (Å²) in [6.07, 6.45) is 2.46. The molecule has 1 fully saturated rings. The molecule has 0 atom stereocenters. The molecule has 6 nitrogen and oxygen atoms in total. The average molecular weight is 337 g/mol. The molecule has 108 valence electrons. The normalized spacial score (nSPS) is 14.5. The number of aromatic nitrogens is 4. The molecule has 1 N–H and O–H groups in total. The molecule has 3 aromatic rings. The Hall–Kier alpha value is -1.45. The lowest BCUT2D eigenvalue weighted by Gasteiger charge is -1.94. The molecule has 9 heteroatoms. The van der Waals surface area contributed by atoms with Crippen LogP contribution < -0.4 is 5.32 Å². The van der Waals surface area contributed by atoms with Crippen molar-refractivity contribution in [3.05, 3.63) is 22.7 Å². The molecule has 1 aliphatic rings. The molecule has 0 aliphatic heterocycles. The van der Waals surface area contributed by atoms with Crippen LogP contribution in [0.25, 0.3) is 11.4 Å². The van der Waals surface area contributed by atoms with Crippen LogP contribution in [0.1, 0.15) is 18.7 Å². The SMILES string of the molecule is c1cc(-c2noc(CSc3nnc(NC4CC4)s3)n2)cs1. The van der Waals surface area contributed by atoms with E-state index in [1.54, 1.807) is 34.4 Å². The molecule has 0 spiro atoms. The molecule has 0 amide bonds. The van der Waals surface area contributed by atoms with Gasteiger partial charge in [-0.05, 0) is 24.3 Å². The zero-order valence-electron chi connectivity index (χ0n) is 10.9. The zero-order valence-corrected chi connectivity index (χ0v) is 13.3. The summed E-state index contributed by atoms with van der Waals surface area (Å²) in [6.45, 7) is 0. The van der Waals surface area contributed by atoms with Gasteiger partial charge in [0.1, 0.15) is 0 Å². The van der Waals surface area contributed by atoms with Crippen molar-refractivity contribution in [2.24, 2.45) is 0 Å². The van der Waals surface area contributed by atoms with Crippen LogP contribution in [-0.2, 0) is 5.75 Å². The first kappa shape index (κ1) is 13.2. The van der Waals surface area contributed by atoms with Crippen molar-refractivity contribution in [1.29, 1.82) is 0 Å². The number of hydrogen-bond donors (Lipinski definition) is 1. The van der Waals surface area contributed by atoms with Crippen LogP contribution in [0.5, 0.6) is 0 Å². The molecule has 0 radical (unpaired) electrons. The number of anilines is 1. The summed E-state index contributed by atoms with van der Waals surface area (Å²) in [5, 5.41) is 20.5. The number of rotatable bonds is 6. The van der Waals surface area contributed by atoms with Gasteiger partial charge in [0.2, 0.25) is 16.8 Å². The fourth-order valence-electron chi connectivity index (χ4n) is 1.67. The van der Waals surface area contributed by atoms with E-state index in [-0.39, 0.29) is 0 Å². The van der Waals surface area contributed by atoms with E-state index in [2.05, 4.69) is 25.7 Å². The lowest BCUT2D eigenvalue weighted by atomic mass is 10.3. The average Bonchev–Trinajstić information content (AvgIpc) is 2.94. The maximum atomic E-state index is 5.26. The van der Waals surface area contributed by atoms with Gasteiger partial charge < -0.3 is 9.84 Å². The Kier molecular flexibility index (Phi) is 3.62. The van der Waals surface area contributed by atoms with Crippen LogP contribution in [0.4, 0.5) is 5.13 Å². The highest BCUT2D eigenvalue weighted by Gasteiger charge is 2.22. The highest BCUT2D eigenvalue weighted by molar-refractivity contribution is 8.00. The van der Waals surface area contributed by atoms with Crippen LogP contribution in [0, 0.1) is 0 Å². The van der Waals surface area contributed by atoms with Crippen LogP contribution >= 0.6 is 34.4 Å². The van der Waals surface area contributed by atoms with Crippen molar-refractivity contribution in [2.45, 2.75) is 29.0 Å². The Balaban J connectivity index is 1.36. The predicted molar refractivity (Wildman–Crippen MR) is 83.7 cm³/mol. The lowest BCUT2D eigenvalue weighted by Crippen LogP contribution is -1.99. The highest BCUT2D eigenvalue weighted by Crippen LogP contribution is 2.31. The first-order valence-corrected chi connectivity index (χ1v) is 9.19. The zero-order chi connectivity index (χ0) is 14.1. The van der Waals surface area contributed by atoms with Crippen molar-refractivity contribution < 1.29 is 4.52 Å². The molecule has 3 aromatic heterocycles. The highest BCUT2D eigenvalue weighted by atomic mass is 32.2. The van der Waals surface area contributed by atoms with Gasteiger partial charge in [0.15, 0.2) is 4.34 Å². The summed E-state index contributed by atoms with van der Waals surface area (Å²) >= 11 is 4.75. The molecule has 1 aliphatic carbocycles. The summed E-state index contributed by atoms with van der Waals surface area (Å²) in [5.41, 5.74) is 0.992. The largest absolute Gasteiger partial charge is 0.357 e. The molecular weight excluding hydrogens is 326 g/mol. The summed E-state index contributed by atoms with van der Waals surface area (Å²) in [4.78, 5) is 4.38. The fraction of sp³-hybridized carbons (Fsp3) is 0.333. The third-order valence-corrected chi connectivity index (χ3v) is 5.53. The second-order valence-corrected chi connectivity index (χ2v) is 7.58. The number of thiophene rings is 1. The first-order chi connectivity index (χ1) is 10.4. The fourth-order valence-corrected chi connectivity index (χ4v) is 3.98. The second-order valence-electron chi connectivity index (χ2n) is 4.60. The monoisotopic (exact) mass is 337 g/mol. The molecule has 1 saturated carbocycles. The molecule has 4 rings (SSSR count). The number of nitrogens with one attached hydrogen (secondary N) is 1. The third kappa shape index (κ3) is 3.25. The van der Waals surface area contributed by atoms with E-state index in [0.717, 1.165) is 15.0 Å². The minimum absolute atomic E-state index is 0.597. The molecule has 3 heterocycles. The molecule has 0 unspecified atom stereocenters. The van der Waals surface area contributed by atoms with E-state index in [4.69, 9.17) is 4.52 Å². The minimum Gasteiger partial charge on any atom is -0.357 e. The van der Waals surface area contributed by atoms with E-state index in [9.17, 15) is 0 Å². The second kappa shape index (κ2) is 5.74. The molecular formula is C12H11N5OS3. The molecule has 0 bridgehead atoms. The Morgan fingerprint density at radius 2 is 2.33 bits per heavy atom. The van der Waals surface area contributed by atoms with Gasteiger partial charge >= 0.3 is 0 Å². The summed E-state index contributed by atoms with van der Waals surface area (Å²) in [6, 6.07) is 2.58. The van der Waals surface area contributed by atoms with Crippen LogP contribution in [0.3, 0.4) is 0 Å². The summed E-state index contributed by atoms with van der Waals surface area (Å²) < 4.78 is 6.17. The third-order valence-electron chi connectivity index (χ3n) is 2.88. The molecule has 0 aromatic carbocycles. The van der Waals surface area contributed by atoms with Crippen molar-refractivity contribution in [1.82, 2.24) is 20.3 Å². The van der Waals surface area contributed by atoms with Gasteiger partial charge in [-0.3, -0.25) is 0 Å². The van der Waals surface area contributed by atoms with E-state index < -0.39 is 0 Å². The van der Waals surface area contributed by atoms with Crippen LogP contribution in [0.15, 0.2) is 25.7 Å². The number of thioether (sulfide) groups is 1. The van der Waals surface area contributed by atoms with Crippen molar-refractivity contribution >= 4 is 39.6 Å². The molecule has 0 saturated heterocycles. The Morgan fingerprint density at radius 1 is 1.38 bits per heavy atom. The van der Waals surface area contributed by atoms with E-state index in [0.29, 0.717) is 23.5 Å². The predicted octanol–water partition coefficient (Wildman–Crippen LogP) is 3.52. The smallest absolute Gasteiger partial charge is 0.237 e. The quantitative estimate of drug-likeness (QED) is 0.690. The topological polar surface area (TPSA) is 76.7 Å². The van der Waals surface area contributed by atoms with Gasteiger partial charge in [0, 0.05) is 17.0 Å². The Morgan fingerprint density at radius 3 is 3.14 bits per heavy atom. The summed E-state index contributed by atoms with van der Waals surface area (Å²) in [5.74, 6) is 1.85. The van der Waals surface area contributed by atoms with E-state index in [1.165, 1.54) is 12.8 Å². The number of nitrogens with zero attached hydrogens (tertiary/aromatic N) is 4. The van der Waals surface area contributed by atoms with Gasteiger partial charge in [0.05, 0.1) is 5.75 Å². The maximum Gasteiger partial charge on any atom is 0.237 e.